The summed E-state index contributed by atoms with van der Waals surface area (Å²) in [7, 11) is 3.09. The van der Waals surface area contributed by atoms with E-state index in [9.17, 15) is 10.1 Å². The van der Waals surface area contributed by atoms with E-state index < -0.39 is 4.92 Å². The molecule has 0 aliphatic heterocycles. The van der Waals surface area contributed by atoms with E-state index in [-0.39, 0.29) is 18.1 Å². The van der Waals surface area contributed by atoms with Crippen LogP contribution in [0.2, 0.25) is 0 Å². The number of rotatable bonds is 5. The molecule has 9 heteroatoms. The number of halogens is 1. The maximum atomic E-state index is 10.9. The number of benzene rings is 2. The summed E-state index contributed by atoms with van der Waals surface area (Å²) < 4.78 is 10.6. The van der Waals surface area contributed by atoms with Gasteiger partial charge in [-0.15, -0.1) is 12.4 Å². The van der Waals surface area contributed by atoms with E-state index >= 15 is 0 Å². The van der Waals surface area contributed by atoms with Crippen LogP contribution in [0, 0.1) is 10.1 Å². The van der Waals surface area contributed by atoms with Gasteiger partial charge >= 0.3 is 0 Å². The number of nitro benzene ring substituents is 1. The molecule has 0 spiro atoms. The van der Waals surface area contributed by atoms with Gasteiger partial charge in [0.25, 0.3) is 5.69 Å². The van der Waals surface area contributed by atoms with Crippen LogP contribution in [0.25, 0.3) is 10.9 Å². The lowest BCUT2D eigenvalue weighted by Crippen LogP contribution is -1.98. The lowest BCUT2D eigenvalue weighted by Gasteiger charge is -2.12. The Labute approximate surface area is 149 Å². The number of anilines is 2. The van der Waals surface area contributed by atoms with Gasteiger partial charge < -0.3 is 14.8 Å². The summed E-state index contributed by atoms with van der Waals surface area (Å²) in [5.74, 6) is 1.62. The first-order valence-electron chi connectivity index (χ1n) is 7.00. The quantitative estimate of drug-likeness (QED) is 0.545. The van der Waals surface area contributed by atoms with Crippen LogP contribution >= 0.6 is 12.4 Å². The maximum Gasteiger partial charge on any atom is 0.271 e. The van der Waals surface area contributed by atoms with Gasteiger partial charge in [0.2, 0.25) is 0 Å². The van der Waals surface area contributed by atoms with Crippen LogP contribution in [0.1, 0.15) is 0 Å². The van der Waals surface area contributed by atoms with E-state index in [1.165, 1.54) is 18.5 Å². The molecule has 0 saturated heterocycles. The Balaban J connectivity index is 0.00000225. The molecule has 0 aliphatic carbocycles. The van der Waals surface area contributed by atoms with Gasteiger partial charge in [0, 0.05) is 29.3 Å². The highest BCUT2D eigenvalue weighted by atomic mass is 35.5. The van der Waals surface area contributed by atoms with Crippen LogP contribution in [0.4, 0.5) is 17.2 Å². The van der Waals surface area contributed by atoms with Crippen molar-refractivity contribution in [3.05, 3.63) is 52.8 Å². The molecule has 8 nitrogen and oxygen atoms in total. The van der Waals surface area contributed by atoms with Gasteiger partial charge in [0.15, 0.2) is 11.5 Å². The highest BCUT2D eigenvalue weighted by Gasteiger charge is 2.12. The summed E-state index contributed by atoms with van der Waals surface area (Å²) in [6, 6.07) is 9.70. The van der Waals surface area contributed by atoms with E-state index in [1.807, 2.05) is 0 Å². The number of methoxy groups -OCH3 is 2. The van der Waals surface area contributed by atoms with Crippen molar-refractivity contribution in [2.45, 2.75) is 0 Å². The number of hydrogen-bond donors (Lipinski definition) is 1. The first-order chi connectivity index (χ1) is 11.6. The SMILES string of the molecule is COc1cc2ncnc(Nc3cccc([N+](=O)[O-])c3)c2cc1OC.Cl. The van der Waals surface area contributed by atoms with Gasteiger partial charge in [0.05, 0.1) is 24.7 Å². The molecular formula is C16H15ClN4O4. The Morgan fingerprint density at radius 1 is 1.08 bits per heavy atom. The Hall–Kier alpha value is -3.13. The zero-order valence-corrected chi connectivity index (χ0v) is 14.2. The fourth-order valence-electron chi connectivity index (χ4n) is 2.32. The van der Waals surface area contributed by atoms with Crippen molar-refractivity contribution in [3.63, 3.8) is 0 Å². The van der Waals surface area contributed by atoms with Crippen molar-refractivity contribution in [2.75, 3.05) is 19.5 Å². The molecule has 0 aliphatic rings. The lowest BCUT2D eigenvalue weighted by atomic mass is 10.2. The van der Waals surface area contributed by atoms with E-state index in [2.05, 4.69) is 15.3 Å². The van der Waals surface area contributed by atoms with E-state index in [1.54, 1.807) is 38.5 Å². The number of ether oxygens (including phenoxy) is 2. The van der Waals surface area contributed by atoms with Crippen molar-refractivity contribution in [1.82, 2.24) is 9.97 Å². The minimum atomic E-state index is -0.447. The van der Waals surface area contributed by atoms with E-state index in [0.29, 0.717) is 33.9 Å². The number of aromatic nitrogens is 2. The predicted octanol–water partition coefficient (Wildman–Crippen LogP) is 3.72. The summed E-state index contributed by atoms with van der Waals surface area (Å²) >= 11 is 0. The fraction of sp³-hybridized carbons (Fsp3) is 0.125. The highest BCUT2D eigenvalue weighted by molar-refractivity contribution is 5.93. The molecule has 1 N–H and O–H groups in total. The average Bonchev–Trinajstić information content (AvgIpc) is 2.61. The molecule has 3 aromatic rings. The minimum absolute atomic E-state index is 0. The van der Waals surface area contributed by atoms with Crippen LogP contribution in [0.3, 0.4) is 0 Å². The second-order valence-corrected chi connectivity index (χ2v) is 4.88. The summed E-state index contributed by atoms with van der Waals surface area (Å²) in [5, 5.41) is 14.7. The topological polar surface area (TPSA) is 99.4 Å². The summed E-state index contributed by atoms with van der Waals surface area (Å²) in [6.45, 7) is 0. The van der Waals surface area contributed by atoms with Gasteiger partial charge in [-0.1, -0.05) is 6.07 Å². The third kappa shape index (κ3) is 3.69. The van der Waals surface area contributed by atoms with Gasteiger partial charge in [-0.05, 0) is 12.1 Å². The zero-order chi connectivity index (χ0) is 17.1. The third-order valence-electron chi connectivity index (χ3n) is 3.46. The van der Waals surface area contributed by atoms with Crippen LogP contribution in [-0.4, -0.2) is 29.1 Å². The van der Waals surface area contributed by atoms with Crippen LogP contribution in [0.15, 0.2) is 42.7 Å². The minimum Gasteiger partial charge on any atom is -0.493 e. The molecule has 1 aromatic heterocycles. The Morgan fingerprint density at radius 2 is 1.80 bits per heavy atom. The summed E-state index contributed by atoms with van der Waals surface area (Å²) in [4.78, 5) is 18.9. The molecule has 1 heterocycles. The van der Waals surface area contributed by atoms with E-state index in [4.69, 9.17) is 9.47 Å². The summed E-state index contributed by atoms with van der Waals surface area (Å²) in [6.07, 6.45) is 1.41. The fourth-order valence-corrected chi connectivity index (χ4v) is 2.32. The van der Waals surface area contributed by atoms with Gasteiger partial charge in [-0.25, -0.2) is 9.97 Å². The number of fused-ring (bicyclic) bond motifs is 1. The Kier molecular flexibility index (Phi) is 5.56. The molecule has 0 bridgehead atoms. The number of nitro groups is 1. The molecule has 2 aromatic carbocycles. The van der Waals surface area contributed by atoms with Crippen molar-refractivity contribution in [1.29, 1.82) is 0 Å². The molecule has 0 unspecified atom stereocenters. The number of nitrogens with one attached hydrogen (secondary N) is 1. The maximum absolute atomic E-state index is 10.9. The van der Waals surface area contributed by atoms with Crippen molar-refractivity contribution in [2.24, 2.45) is 0 Å². The van der Waals surface area contributed by atoms with Crippen molar-refractivity contribution >= 4 is 40.5 Å². The zero-order valence-electron chi connectivity index (χ0n) is 13.4. The number of non-ortho nitro benzene ring substituents is 1. The van der Waals surface area contributed by atoms with Gasteiger partial charge in [-0.2, -0.15) is 0 Å². The molecule has 0 fully saturated rings. The predicted molar refractivity (Wildman–Crippen MR) is 96.3 cm³/mol. The monoisotopic (exact) mass is 362 g/mol. The second kappa shape index (κ2) is 7.63. The molecule has 3 rings (SSSR count). The van der Waals surface area contributed by atoms with Gasteiger partial charge in [-0.3, -0.25) is 10.1 Å². The molecule has 0 amide bonds. The van der Waals surface area contributed by atoms with Crippen LogP contribution < -0.4 is 14.8 Å². The largest absolute Gasteiger partial charge is 0.493 e. The molecule has 0 saturated carbocycles. The highest BCUT2D eigenvalue weighted by Crippen LogP contribution is 2.34. The molecule has 0 atom stereocenters. The first-order valence-corrected chi connectivity index (χ1v) is 7.00. The van der Waals surface area contributed by atoms with Crippen molar-refractivity contribution in [3.8, 4) is 11.5 Å². The first kappa shape index (κ1) is 18.2. The average molecular weight is 363 g/mol. The van der Waals surface area contributed by atoms with E-state index in [0.717, 1.165) is 0 Å². The third-order valence-corrected chi connectivity index (χ3v) is 3.46. The Bertz CT molecular complexity index is 920. The van der Waals surface area contributed by atoms with Crippen LogP contribution in [-0.2, 0) is 0 Å². The standard InChI is InChI=1S/C16H14N4O4.ClH/c1-23-14-7-12-13(8-15(14)24-2)17-9-18-16(12)19-10-4-3-5-11(6-10)20(21)22;/h3-9H,1-2H3,(H,17,18,19);1H. The second-order valence-electron chi connectivity index (χ2n) is 4.88. The molecular weight excluding hydrogens is 348 g/mol. The normalized spacial score (nSPS) is 10.0. The van der Waals surface area contributed by atoms with Crippen LogP contribution in [0.5, 0.6) is 11.5 Å². The lowest BCUT2D eigenvalue weighted by molar-refractivity contribution is -0.384. The molecule has 130 valence electrons. The summed E-state index contributed by atoms with van der Waals surface area (Å²) in [5.41, 5.74) is 1.21. The molecule has 25 heavy (non-hydrogen) atoms. The van der Waals surface area contributed by atoms with Crippen molar-refractivity contribution < 1.29 is 14.4 Å². The Morgan fingerprint density at radius 3 is 2.48 bits per heavy atom. The molecule has 0 radical (unpaired) electrons. The number of hydrogen-bond acceptors (Lipinski definition) is 7. The smallest absolute Gasteiger partial charge is 0.271 e. The number of nitrogens with zero attached hydrogens (tertiary/aromatic N) is 3. The van der Waals surface area contributed by atoms with Gasteiger partial charge in [0.1, 0.15) is 12.1 Å².